The van der Waals surface area contributed by atoms with E-state index in [1.54, 1.807) is 0 Å². The predicted molar refractivity (Wildman–Crippen MR) is 264 cm³/mol. The van der Waals surface area contributed by atoms with E-state index < -0.39 is 0 Å². The number of benzene rings is 11. The van der Waals surface area contributed by atoms with Crippen LogP contribution in [-0.4, -0.2) is 4.57 Å². The summed E-state index contributed by atoms with van der Waals surface area (Å²) in [6.45, 7) is 0. The van der Waals surface area contributed by atoms with Crippen molar-refractivity contribution in [2.75, 3.05) is 4.90 Å². The number of hydrogen-bond acceptors (Lipinski definition) is 1. The van der Waals surface area contributed by atoms with E-state index in [1.807, 2.05) is 0 Å². The van der Waals surface area contributed by atoms with Crippen LogP contribution >= 0.6 is 0 Å². The average Bonchev–Trinajstić information content (AvgIpc) is 3.69. The van der Waals surface area contributed by atoms with Crippen molar-refractivity contribution in [1.29, 1.82) is 0 Å². The summed E-state index contributed by atoms with van der Waals surface area (Å²) in [4.78, 5) is 2.48. The number of para-hydroxylation sites is 3. The van der Waals surface area contributed by atoms with Crippen LogP contribution in [0.1, 0.15) is 0 Å². The Balaban J connectivity index is 1.07. The molecule has 0 bridgehead atoms. The van der Waals surface area contributed by atoms with Gasteiger partial charge in [0.1, 0.15) is 0 Å². The number of rotatable bonds is 7. The van der Waals surface area contributed by atoms with Gasteiger partial charge in [0.15, 0.2) is 0 Å². The highest BCUT2D eigenvalue weighted by molar-refractivity contribution is 6.24. The van der Waals surface area contributed by atoms with E-state index in [1.165, 1.54) is 81.9 Å². The zero-order valence-electron chi connectivity index (χ0n) is 34.0. The van der Waals surface area contributed by atoms with Crippen LogP contribution in [0.4, 0.5) is 17.1 Å². The van der Waals surface area contributed by atoms with Crippen molar-refractivity contribution < 1.29 is 0 Å². The van der Waals surface area contributed by atoms with E-state index in [-0.39, 0.29) is 0 Å². The second-order valence-electron chi connectivity index (χ2n) is 16.1. The van der Waals surface area contributed by atoms with Crippen LogP contribution in [0.2, 0.25) is 0 Å². The van der Waals surface area contributed by atoms with Gasteiger partial charge in [-0.2, -0.15) is 0 Å². The van der Waals surface area contributed by atoms with Gasteiger partial charge in [0.2, 0.25) is 0 Å². The Morgan fingerprint density at radius 3 is 1.55 bits per heavy atom. The van der Waals surface area contributed by atoms with E-state index in [2.05, 4.69) is 252 Å². The molecule has 290 valence electrons. The molecule has 0 atom stereocenters. The first-order valence-electron chi connectivity index (χ1n) is 21.3. The molecule has 2 nitrogen and oxygen atoms in total. The normalized spacial score (nSPS) is 11.5. The van der Waals surface area contributed by atoms with Crippen LogP contribution in [0.25, 0.3) is 93.2 Å². The summed E-state index contributed by atoms with van der Waals surface area (Å²) in [6.07, 6.45) is 0. The summed E-state index contributed by atoms with van der Waals surface area (Å²) in [5, 5.41) is 9.92. The maximum atomic E-state index is 2.48. The third-order valence-corrected chi connectivity index (χ3v) is 12.6. The van der Waals surface area contributed by atoms with Crippen molar-refractivity contribution in [3.63, 3.8) is 0 Å². The molecule has 0 unspecified atom stereocenters. The Morgan fingerprint density at radius 2 is 0.839 bits per heavy atom. The fourth-order valence-corrected chi connectivity index (χ4v) is 9.72. The summed E-state index contributed by atoms with van der Waals surface area (Å²) < 4.78 is 2.43. The molecule has 0 saturated heterocycles. The van der Waals surface area contributed by atoms with Gasteiger partial charge in [-0.3, -0.25) is 0 Å². The second kappa shape index (κ2) is 14.8. The molecular weight excluding hydrogens is 749 g/mol. The molecule has 1 heterocycles. The molecular formula is C60H40N2. The topological polar surface area (TPSA) is 8.17 Å². The van der Waals surface area contributed by atoms with Crippen LogP contribution in [0.3, 0.4) is 0 Å². The van der Waals surface area contributed by atoms with Crippen molar-refractivity contribution in [3.05, 3.63) is 243 Å². The van der Waals surface area contributed by atoms with Crippen LogP contribution in [-0.2, 0) is 0 Å². The lowest BCUT2D eigenvalue weighted by Gasteiger charge is -2.30. The van der Waals surface area contributed by atoms with Gasteiger partial charge in [0.05, 0.1) is 28.1 Å². The summed E-state index contributed by atoms with van der Waals surface area (Å²) >= 11 is 0. The molecule has 2 heteroatoms. The van der Waals surface area contributed by atoms with E-state index in [0.717, 1.165) is 28.3 Å². The average molecular weight is 789 g/mol. The fraction of sp³-hybridized carbons (Fsp3) is 0. The number of fused-ring (bicyclic) bond motifs is 8. The van der Waals surface area contributed by atoms with Crippen LogP contribution in [0, 0.1) is 0 Å². The van der Waals surface area contributed by atoms with Gasteiger partial charge in [0, 0.05) is 33.0 Å². The summed E-state index contributed by atoms with van der Waals surface area (Å²) in [7, 11) is 0. The van der Waals surface area contributed by atoms with Crippen molar-refractivity contribution >= 4 is 71.2 Å². The fourth-order valence-electron chi connectivity index (χ4n) is 9.72. The Morgan fingerprint density at radius 1 is 0.290 bits per heavy atom. The molecule has 0 spiro atoms. The Kier molecular flexibility index (Phi) is 8.53. The Hall–Kier alpha value is -8.20. The quantitative estimate of drug-likeness (QED) is 0.146. The molecule has 1 aromatic heterocycles. The molecule has 0 aliphatic heterocycles. The molecule has 0 amide bonds. The standard InChI is InChI=1S/C60H40N2/c1-3-17-42(18-4-1)49-24-11-14-28-55(49)61(59-40-46-22-8-9-23-48(46)53-37-33-44-21-7-10-25-50(44)60(53)59)47-35-31-41(32-36-47)45-34-38-58(54(39-45)43-19-5-2-6-20-43)62-56-29-15-12-26-51(56)52-27-13-16-30-57(52)62/h1-40H. The zero-order chi connectivity index (χ0) is 41.0. The molecule has 11 aromatic carbocycles. The van der Waals surface area contributed by atoms with E-state index in [0.29, 0.717) is 0 Å². The molecule has 0 aliphatic rings. The van der Waals surface area contributed by atoms with E-state index >= 15 is 0 Å². The monoisotopic (exact) mass is 788 g/mol. The van der Waals surface area contributed by atoms with Gasteiger partial charge in [0.25, 0.3) is 0 Å². The smallest absolute Gasteiger partial charge is 0.0552 e. The third kappa shape index (κ3) is 5.88. The van der Waals surface area contributed by atoms with Crippen molar-refractivity contribution in [1.82, 2.24) is 4.57 Å². The number of anilines is 3. The van der Waals surface area contributed by atoms with E-state index in [9.17, 15) is 0 Å². The first-order valence-corrected chi connectivity index (χ1v) is 21.3. The predicted octanol–water partition coefficient (Wildman–Crippen LogP) is 16.7. The molecule has 0 N–H and O–H groups in total. The second-order valence-corrected chi connectivity index (χ2v) is 16.1. The lowest BCUT2D eigenvalue weighted by Crippen LogP contribution is -2.12. The maximum Gasteiger partial charge on any atom is 0.0552 e. The molecule has 12 rings (SSSR count). The van der Waals surface area contributed by atoms with Crippen molar-refractivity contribution in [3.8, 4) is 39.1 Å². The summed E-state index contributed by atoms with van der Waals surface area (Å²) in [5.74, 6) is 0. The number of hydrogen-bond donors (Lipinski definition) is 0. The van der Waals surface area contributed by atoms with Crippen molar-refractivity contribution in [2.24, 2.45) is 0 Å². The highest BCUT2D eigenvalue weighted by Gasteiger charge is 2.22. The Bertz CT molecular complexity index is 3570. The van der Waals surface area contributed by atoms with Crippen molar-refractivity contribution in [2.45, 2.75) is 0 Å². The highest BCUT2D eigenvalue weighted by Crippen LogP contribution is 2.48. The van der Waals surface area contributed by atoms with Crippen LogP contribution < -0.4 is 4.90 Å². The van der Waals surface area contributed by atoms with Gasteiger partial charge in [-0.05, 0) is 97.7 Å². The first kappa shape index (κ1) is 35.7. The molecule has 0 saturated carbocycles. The summed E-state index contributed by atoms with van der Waals surface area (Å²) in [5.41, 5.74) is 14.0. The lowest BCUT2D eigenvalue weighted by molar-refractivity contribution is 1.18. The zero-order valence-corrected chi connectivity index (χ0v) is 34.0. The molecule has 12 aromatic rings. The first-order chi connectivity index (χ1) is 30.8. The minimum absolute atomic E-state index is 1.09. The molecule has 0 aliphatic carbocycles. The molecule has 62 heavy (non-hydrogen) atoms. The number of aromatic nitrogens is 1. The highest BCUT2D eigenvalue weighted by atomic mass is 15.1. The van der Waals surface area contributed by atoms with E-state index in [4.69, 9.17) is 0 Å². The SMILES string of the molecule is c1ccc(-c2ccccc2N(c2ccc(-c3ccc(-n4c5ccccc5c5ccccc54)c(-c4ccccc4)c3)cc2)c2cc3ccccc3c3ccc4ccccc4c23)cc1. The lowest BCUT2D eigenvalue weighted by atomic mass is 9.93. The minimum atomic E-state index is 1.09. The van der Waals surface area contributed by atoms with Gasteiger partial charge in [-0.25, -0.2) is 0 Å². The van der Waals surface area contributed by atoms with Gasteiger partial charge in [-0.15, -0.1) is 0 Å². The molecule has 0 fully saturated rings. The van der Waals surface area contributed by atoms with Gasteiger partial charge < -0.3 is 9.47 Å². The third-order valence-electron chi connectivity index (χ3n) is 12.6. The minimum Gasteiger partial charge on any atom is -0.309 e. The van der Waals surface area contributed by atoms with Gasteiger partial charge >= 0.3 is 0 Å². The summed E-state index contributed by atoms with van der Waals surface area (Å²) in [6, 6.07) is 88.5. The Labute approximate surface area is 360 Å². The van der Waals surface area contributed by atoms with Crippen LogP contribution in [0.5, 0.6) is 0 Å². The van der Waals surface area contributed by atoms with Gasteiger partial charge in [-0.1, -0.05) is 194 Å². The largest absolute Gasteiger partial charge is 0.309 e. The van der Waals surface area contributed by atoms with Crippen LogP contribution in [0.15, 0.2) is 243 Å². The molecule has 0 radical (unpaired) electrons. The maximum absolute atomic E-state index is 2.48. The number of nitrogens with zero attached hydrogens (tertiary/aromatic N) is 2.